The third-order valence-corrected chi connectivity index (χ3v) is 10.8. The summed E-state index contributed by atoms with van der Waals surface area (Å²) >= 11 is 0. The molecule has 5 nitrogen and oxygen atoms in total. The van der Waals surface area contributed by atoms with Crippen molar-refractivity contribution in [2.45, 2.75) is 96.1 Å². The normalized spacial score (nSPS) is 44.8. The lowest BCUT2D eigenvalue weighted by molar-refractivity contribution is -0.279. The number of ether oxygens (including phenoxy) is 1. The van der Waals surface area contributed by atoms with E-state index in [4.69, 9.17) is 4.74 Å². The van der Waals surface area contributed by atoms with Crippen LogP contribution >= 0.6 is 0 Å². The number of carbonyl (C=O) groups excluding carboxylic acids is 1. The summed E-state index contributed by atoms with van der Waals surface area (Å²) in [5, 5.41) is 23.2. The van der Waals surface area contributed by atoms with Crippen molar-refractivity contribution in [1.29, 1.82) is 0 Å². The van der Waals surface area contributed by atoms with Crippen LogP contribution in [0.15, 0.2) is 24.3 Å². The maximum Gasteiger partial charge on any atom is 0.169 e. The molecule has 1 aliphatic heterocycles. The van der Waals surface area contributed by atoms with Crippen molar-refractivity contribution in [1.82, 2.24) is 4.98 Å². The minimum atomic E-state index is -0.982. The molecule has 0 radical (unpaired) electrons. The Morgan fingerprint density at radius 1 is 1.12 bits per heavy atom. The smallest absolute Gasteiger partial charge is 0.169 e. The van der Waals surface area contributed by atoms with Crippen molar-refractivity contribution in [3.8, 4) is 0 Å². The first-order valence-electron chi connectivity index (χ1n) is 12.7. The number of aromatic nitrogens is 1. The monoisotopic (exact) mass is 451 g/mol. The van der Waals surface area contributed by atoms with Gasteiger partial charge < -0.3 is 19.9 Å². The van der Waals surface area contributed by atoms with E-state index in [1.54, 1.807) is 13.8 Å². The number of benzene rings is 1. The fourth-order valence-electron chi connectivity index (χ4n) is 8.74. The van der Waals surface area contributed by atoms with Gasteiger partial charge in [-0.25, -0.2) is 0 Å². The third-order valence-electron chi connectivity index (χ3n) is 10.8. The molecule has 3 aliphatic carbocycles. The molecule has 8 atom stereocenters. The first-order chi connectivity index (χ1) is 15.4. The number of hydrogen-bond donors (Lipinski definition) is 3. The second-order valence-electron chi connectivity index (χ2n) is 12.5. The van der Waals surface area contributed by atoms with Crippen LogP contribution in [0.5, 0.6) is 0 Å². The van der Waals surface area contributed by atoms with Gasteiger partial charge in [0.1, 0.15) is 0 Å². The van der Waals surface area contributed by atoms with Crippen LogP contribution in [0.4, 0.5) is 0 Å². The second kappa shape index (κ2) is 6.50. The lowest BCUT2D eigenvalue weighted by Crippen LogP contribution is -2.68. The number of H-pyrrole nitrogens is 1. The number of aliphatic hydroxyl groups excluding tert-OH is 1. The minimum Gasteiger partial charge on any atom is -0.392 e. The second-order valence-corrected chi connectivity index (χ2v) is 12.5. The Morgan fingerprint density at radius 3 is 2.58 bits per heavy atom. The van der Waals surface area contributed by atoms with Crippen molar-refractivity contribution < 1.29 is 19.7 Å². The molecular weight excluding hydrogens is 414 g/mol. The molecular formula is C28H37NO4. The quantitative estimate of drug-likeness (QED) is 0.585. The minimum absolute atomic E-state index is 0.0180. The average Bonchev–Trinajstić information content (AvgIpc) is 3.24. The summed E-state index contributed by atoms with van der Waals surface area (Å²) in [6, 6.07) is 8.16. The molecule has 33 heavy (non-hydrogen) atoms. The van der Waals surface area contributed by atoms with Crippen molar-refractivity contribution in [2.24, 2.45) is 22.7 Å². The molecule has 6 rings (SSSR count). The molecule has 5 heteroatoms. The van der Waals surface area contributed by atoms with E-state index >= 15 is 0 Å². The van der Waals surface area contributed by atoms with E-state index in [-0.39, 0.29) is 34.9 Å². The highest BCUT2D eigenvalue weighted by Crippen LogP contribution is 2.71. The van der Waals surface area contributed by atoms with Gasteiger partial charge in [0.2, 0.25) is 0 Å². The summed E-state index contributed by atoms with van der Waals surface area (Å²) in [5.74, 6) is 0.503. The zero-order valence-corrected chi connectivity index (χ0v) is 20.4. The molecule has 3 fully saturated rings. The molecule has 178 valence electrons. The van der Waals surface area contributed by atoms with Gasteiger partial charge in [-0.1, -0.05) is 39.0 Å². The van der Waals surface area contributed by atoms with Crippen LogP contribution < -0.4 is 0 Å². The maximum absolute atomic E-state index is 13.8. The van der Waals surface area contributed by atoms with Crippen LogP contribution in [0.1, 0.15) is 82.8 Å². The highest BCUT2D eigenvalue weighted by molar-refractivity contribution is 6.14. The molecule has 0 spiro atoms. The highest BCUT2D eigenvalue weighted by atomic mass is 16.5. The summed E-state index contributed by atoms with van der Waals surface area (Å²) in [6.07, 6.45) is 2.99. The van der Waals surface area contributed by atoms with E-state index in [1.165, 1.54) is 0 Å². The van der Waals surface area contributed by atoms with E-state index in [0.29, 0.717) is 12.2 Å². The zero-order chi connectivity index (χ0) is 23.6. The van der Waals surface area contributed by atoms with Crippen LogP contribution in [0, 0.1) is 22.7 Å². The number of nitrogens with one attached hydrogen (secondary N) is 1. The third kappa shape index (κ3) is 2.46. The van der Waals surface area contributed by atoms with E-state index < -0.39 is 17.1 Å². The van der Waals surface area contributed by atoms with Gasteiger partial charge in [-0.15, -0.1) is 0 Å². The van der Waals surface area contributed by atoms with Crippen LogP contribution in [0.25, 0.3) is 10.9 Å². The summed E-state index contributed by atoms with van der Waals surface area (Å²) < 4.78 is 6.52. The number of ketones is 1. The molecule has 2 saturated carbocycles. The average molecular weight is 452 g/mol. The van der Waals surface area contributed by atoms with Gasteiger partial charge >= 0.3 is 0 Å². The first kappa shape index (κ1) is 21.8. The summed E-state index contributed by atoms with van der Waals surface area (Å²) in [7, 11) is 0. The molecule has 0 amide bonds. The lowest BCUT2D eigenvalue weighted by atomic mass is 9.39. The van der Waals surface area contributed by atoms with Crippen molar-refractivity contribution in [3.63, 3.8) is 0 Å². The molecule has 4 aliphatic rings. The van der Waals surface area contributed by atoms with Gasteiger partial charge in [-0.05, 0) is 56.9 Å². The Bertz CT molecular complexity index is 1150. The number of rotatable bonds is 1. The van der Waals surface area contributed by atoms with E-state index in [1.807, 2.05) is 12.1 Å². The fourth-order valence-corrected chi connectivity index (χ4v) is 8.74. The van der Waals surface area contributed by atoms with Gasteiger partial charge in [0.15, 0.2) is 5.78 Å². The number of fused-ring (bicyclic) bond motifs is 9. The van der Waals surface area contributed by atoms with Gasteiger partial charge in [0, 0.05) is 45.3 Å². The van der Waals surface area contributed by atoms with Crippen LogP contribution in [-0.4, -0.2) is 44.9 Å². The summed E-state index contributed by atoms with van der Waals surface area (Å²) in [5.41, 5.74) is 1.21. The molecule has 1 aromatic carbocycles. The Hall–Kier alpha value is -1.69. The first-order valence-corrected chi connectivity index (χ1v) is 12.7. The maximum atomic E-state index is 13.8. The van der Waals surface area contributed by atoms with Gasteiger partial charge in [0.05, 0.1) is 23.9 Å². The fraction of sp³-hybridized carbons (Fsp3) is 0.679. The van der Waals surface area contributed by atoms with Crippen molar-refractivity contribution in [2.75, 3.05) is 0 Å². The molecule has 2 aromatic rings. The number of aromatic amines is 1. The van der Waals surface area contributed by atoms with Gasteiger partial charge in [0.25, 0.3) is 0 Å². The lowest BCUT2D eigenvalue weighted by Gasteiger charge is -2.67. The summed E-state index contributed by atoms with van der Waals surface area (Å²) in [6.45, 7) is 10.4. The van der Waals surface area contributed by atoms with Crippen LogP contribution in [0.3, 0.4) is 0 Å². The Balaban J connectivity index is 1.47. The van der Waals surface area contributed by atoms with E-state index in [0.717, 1.165) is 47.8 Å². The molecule has 1 aromatic heterocycles. The number of para-hydroxylation sites is 1. The SMILES string of the molecule is CC(C)(O)[C@@H]1C[C@@H](O)[C@]2(C)[C@H](CC[C@@]3(C)[C@H]2CC[C@@H]2C(=O)c4c([nH]c5ccccc45)[C@@]23C)O1. The van der Waals surface area contributed by atoms with Crippen LogP contribution in [0.2, 0.25) is 0 Å². The van der Waals surface area contributed by atoms with Crippen molar-refractivity contribution >= 4 is 16.7 Å². The largest absolute Gasteiger partial charge is 0.392 e. The summed E-state index contributed by atoms with van der Waals surface area (Å²) in [4.78, 5) is 17.5. The van der Waals surface area contributed by atoms with E-state index in [2.05, 4.69) is 37.9 Å². The molecule has 2 heterocycles. The van der Waals surface area contributed by atoms with Gasteiger partial charge in [-0.3, -0.25) is 4.79 Å². The molecule has 1 saturated heterocycles. The zero-order valence-electron chi connectivity index (χ0n) is 20.4. The Labute approximate surface area is 195 Å². The number of carbonyl (C=O) groups is 1. The molecule has 3 N–H and O–H groups in total. The number of aliphatic hydroxyl groups is 2. The molecule has 0 bridgehead atoms. The Morgan fingerprint density at radius 2 is 1.85 bits per heavy atom. The standard InChI is InChI=1S/C28H37NO4/c1-25(2,32)21-14-19(30)27(4)18-11-10-16-23(31)22-15-8-6-7-9-17(15)29-24(22)28(16,5)26(18,3)13-12-20(27)33-21/h6-9,16,18-21,29-30,32H,10-14H2,1-5H3/t16-,18-,19-,20+,21+,26+,27-,28-/m1/s1. The topological polar surface area (TPSA) is 82.5 Å². The number of hydrogen-bond acceptors (Lipinski definition) is 4. The highest BCUT2D eigenvalue weighted by Gasteiger charge is 2.71. The predicted molar refractivity (Wildman–Crippen MR) is 127 cm³/mol. The predicted octanol–water partition coefficient (Wildman–Crippen LogP) is 4.74. The number of Topliss-reactive ketones (excluding diaryl/α,β-unsaturated/α-hetero) is 1. The van der Waals surface area contributed by atoms with E-state index in [9.17, 15) is 15.0 Å². The van der Waals surface area contributed by atoms with Crippen LogP contribution in [-0.2, 0) is 10.2 Å². The molecule has 0 unspecified atom stereocenters. The van der Waals surface area contributed by atoms with Gasteiger partial charge in [-0.2, -0.15) is 0 Å². The van der Waals surface area contributed by atoms with Crippen molar-refractivity contribution in [3.05, 3.63) is 35.5 Å². The Kier molecular flexibility index (Phi) is 4.29.